The van der Waals surface area contributed by atoms with Crippen LogP contribution in [0.3, 0.4) is 0 Å². The van der Waals surface area contributed by atoms with Gasteiger partial charge in [-0.1, -0.05) is 12.1 Å². The van der Waals surface area contributed by atoms with Gasteiger partial charge in [0.25, 0.3) is 0 Å². The molecule has 8 heteroatoms. The molecule has 1 aromatic rings. The molecule has 0 saturated heterocycles. The first-order chi connectivity index (χ1) is 9.88. The van der Waals surface area contributed by atoms with Crippen LogP contribution in [0.2, 0.25) is 0 Å². The van der Waals surface area contributed by atoms with E-state index in [4.69, 9.17) is 0 Å². The van der Waals surface area contributed by atoms with E-state index in [0.29, 0.717) is 25.1 Å². The summed E-state index contributed by atoms with van der Waals surface area (Å²) in [5.41, 5.74) is -1.09. The molecule has 3 nitrogen and oxygen atoms in total. The molecule has 0 radical (unpaired) electrons. The maximum absolute atomic E-state index is 13.0. The Kier molecular flexibility index (Phi) is 9.07. The van der Waals surface area contributed by atoms with Gasteiger partial charge in [0.05, 0.1) is 12.1 Å². The van der Waals surface area contributed by atoms with Crippen molar-refractivity contribution in [2.45, 2.75) is 19.6 Å². The summed E-state index contributed by atoms with van der Waals surface area (Å²) >= 11 is 0. The first kappa shape index (κ1) is 20.7. The summed E-state index contributed by atoms with van der Waals surface area (Å²) in [4.78, 5) is 4.05. The van der Waals surface area contributed by atoms with E-state index in [0.717, 1.165) is 12.1 Å². The summed E-state index contributed by atoms with van der Waals surface area (Å²) in [6, 6.07) is 2.57. The highest BCUT2D eigenvalue weighted by Crippen LogP contribution is 2.32. The highest BCUT2D eigenvalue weighted by atomic mass is 127. The van der Waals surface area contributed by atoms with E-state index in [2.05, 4.69) is 22.2 Å². The third-order valence-electron chi connectivity index (χ3n) is 2.54. The number of guanidine groups is 1. The van der Waals surface area contributed by atoms with Crippen molar-refractivity contribution in [3.05, 3.63) is 47.8 Å². The van der Waals surface area contributed by atoms with Crippen molar-refractivity contribution in [1.29, 1.82) is 0 Å². The highest BCUT2D eigenvalue weighted by molar-refractivity contribution is 14.0. The van der Waals surface area contributed by atoms with Gasteiger partial charge in [-0.05, 0) is 24.6 Å². The molecule has 0 amide bonds. The number of rotatable bonds is 5. The first-order valence-electron chi connectivity index (χ1n) is 6.37. The summed E-state index contributed by atoms with van der Waals surface area (Å²) in [6.07, 6.45) is -3.01. The van der Waals surface area contributed by atoms with E-state index >= 15 is 0 Å². The van der Waals surface area contributed by atoms with Crippen molar-refractivity contribution in [3.63, 3.8) is 0 Å². The van der Waals surface area contributed by atoms with Gasteiger partial charge in [0.1, 0.15) is 5.82 Å². The van der Waals surface area contributed by atoms with E-state index in [-0.39, 0.29) is 36.1 Å². The number of benzene rings is 1. The predicted octanol–water partition coefficient (Wildman–Crippen LogP) is 3.70. The minimum Gasteiger partial charge on any atom is -0.357 e. The van der Waals surface area contributed by atoms with E-state index in [1.165, 1.54) is 0 Å². The van der Waals surface area contributed by atoms with Crippen molar-refractivity contribution < 1.29 is 17.6 Å². The van der Waals surface area contributed by atoms with E-state index in [1.54, 1.807) is 6.08 Å². The number of nitrogens with one attached hydrogen (secondary N) is 2. The highest BCUT2D eigenvalue weighted by Gasteiger charge is 2.33. The molecule has 0 saturated carbocycles. The van der Waals surface area contributed by atoms with Crippen molar-refractivity contribution in [1.82, 2.24) is 10.6 Å². The summed E-state index contributed by atoms with van der Waals surface area (Å²) < 4.78 is 51.5. The van der Waals surface area contributed by atoms with Crippen LogP contribution < -0.4 is 10.6 Å². The molecule has 0 bridgehead atoms. The van der Waals surface area contributed by atoms with Crippen LogP contribution in [0.4, 0.5) is 17.6 Å². The number of hydrogen-bond acceptors (Lipinski definition) is 1. The second-order valence-electron chi connectivity index (χ2n) is 4.16. The minimum atomic E-state index is -4.61. The monoisotopic (exact) mass is 431 g/mol. The Bertz CT molecular complexity index is 515. The predicted molar refractivity (Wildman–Crippen MR) is 89.8 cm³/mol. The second-order valence-corrected chi connectivity index (χ2v) is 4.16. The molecule has 22 heavy (non-hydrogen) atoms. The Labute approximate surface area is 143 Å². The van der Waals surface area contributed by atoms with Gasteiger partial charge >= 0.3 is 6.18 Å². The average molecular weight is 431 g/mol. The third kappa shape index (κ3) is 6.63. The summed E-state index contributed by atoms with van der Waals surface area (Å²) in [6.45, 7) is 6.16. The van der Waals surface area contributed by atoms with Crippen molar-refractivity contribution >= 4 is 29.9 Å². The largest absolute Gasteiger partial charge is 0.416 e. The van der Waals surface area contributed by atoms with Gasteiger partial charge in [0.2, 0.25) is 0 Å². The van der Waals surface area contributed by atoms with Crippen molar-refractivity contribution in [3.8, 4) is 0 Å². The average Bonchev–Trinajstić information content (AvgIpc) is 2.42. The zero-order valence-corrected chi connectivity index (χ0v) is 14.3. The van der Waals surface area contributed by atoms with E-state index < -0.39 is 17.6 Å². The van der Waals surface area contributed by atoms with Gasteiger partial charge < -0.3 is 10.6 Å². The van der Waals surface area contributed by atoms with Crippen LogP contribution in [0.5, 0.6) is 0 Å². The molecule has 124 valence electrons. The van der Waals surface area contributed by atoms with Crippen LogP contribution in [0, 0.1) is 5.82 Å². The zero-order valence-electron chi connectivity index (χ0n) is 12.0. The molecule has 0 aliphatic carbocycles. The lowest BCUT2D eigenvalue weighted by Crippen LogP contribution is -2.37. The lowest BCUT2D eigenvalue weighted by molar-refractivity contribution is -0.138. The normalized spacial score (nSPS) is 11.6. The van der Waals surface area contributed by atoms with Crippen molar-refractivity contribution in [2.75, 3.05) is 13.1 Å². The maximum Gasteiger partial charge on any atom is 0.416 e. The molecule has 0 aromatic heterocycles. The lowest BCUT2D eigenvalue weighted by Gasteiger charge is -2.13. The Morgan fingerprint density at radius 1 is 1.32 bits per heavy atom. The maximum atomic E-state index is 13.0. The Hall–Kier alpha value is -1.32. The number of nitrogens with zero attached hydrogens (tertiary/aromatic N) is 1. The van der Waals surface area contributed by atoms with Crippen LogP contribution in [-0.2, 0) is 12.7 Å². The fourth-order valence-electron chi connectivity index (χ4n) is 1.63. The van der Waals surface area contributed by atoms with E-state index in [1.807, 2.05) is 6.92 Å². The lowest BCUT2D eigenvalue weighted by atomic mass is 10.1. The third-order valence-corrected chi connectivity index (χ3v) is 2.54. The molecule has 1 aromatic carbocycles. The zero-order chi connectivity index (χ0) is 15.9. The number of aliphatic imine (C=N–C) groups is 1. The molecule has 0 aliphatic heterocycles. The van der Waals surface area contributed by atoms with E-state index in [9.17, 15) is 17.6 Å². The molecule has 0 atom stereocenters. The summed E-state index contributed by atoms with van der Waals surface area (Å²) in [5.74, 6) is -0.554. The Morgan fingerprint density at radius 3 is 2.55 bits per heavy atom. The van der Waals surface area contributed by atoms with Gasteiger partial charge in [0, 0.05) is 13.1 Å². The standard InChI is InChI=1S/C14H17F4N3.HI/c1-3-7-20-13(19-4-2)21-9-10-5-6-11(15)8-12(10)14(16,17)18;/h3,5-6,8H,1,4,7,9H2,2H3,(H2,19,20,21);1H. The molecule has 0 aliphatic rings. The molecular formula is C14H18F4IN3. The SMILES string of the molecule is C=CCNC(=NCc1ccc(F)cc1C(F)(F)F)NCC.I. The second kappa shape index (κ2) is 9.65. The van der Waals surface area contributed by atoms with Gasteiger partial charge in [-0.2, -0.15) is 13.2 Å². The fraction of sp³-hybridized carbons (Fsp3) is 0.357. The minimum absolute atomic E-state index is 0. The number of halogens is 5. The first-order valence-corrected chi connectivity index (χ1v) is 6.37. The fourth-order valence-corrected chi connectivity index (χ4v) is 1.63. The molecule has 0 fully saturated rings. The number of hydrogen-bond donors (Lipinski definition) is 2. The molecule has 0 heterocycles. The topological polar surface area (TPSA) is 36.4 Å². The molecule has 0 unspecified atom stereocenters. The Morgan fingerprint density at radius 2 is 2.00 bits per heavy atom. The van der Waals surface area contributed by atoms with Crippen LogP contribution >= 0.6 is 24.0 Å². The van der Waals surface area contributed by atoms with Gasteiger partial charge in [0.15, 0.2) is 5.96 Å². The summed E-state index contributed by atoms with van der Waals surface area (Å²) in [5, 5.41) is 5.77. The van der Waals surface area contributed by atoms with Crippen LogP contribution in [0.25, 0.3) is 0 Å². The molecule has 1 rings (SSSR count). The molecule has 2 N–H and O–H groups in total. The molecule has 0 spiro atoms. The van der Waals surface area contributed by atoms with Gasteiger partial charge in [-0.15, -0.1) is 30.6 Å². The van der Waals surface area contributed by atoms with Gasteiger partial charge in [-0.3, -0.25) is 0 Å². The summed E-state index contributed by atoms with van der Waals surface area (Å²) in [7, 11) is 0. The van der Waals surface area contributed by atoms with Crippen LogP contribution in [0.15, 0.2) is 35.8 Å². The van der Waals surface area contributed by atoms with Crippen LogP contribution in [-0.4, -0.2) is 19.0 Å². The number of alkyl halides is 3. The van der Waals surface area contributed by atoms with Crippen molar-refractivity contribution in [2.24, 2.45) is 4.99 Å². The molecular weight excluding hydrogens is 413 g/mol. The smallest absolute Gasteiger partial charge is 0.357 e. The Balaban J connectivity index is 0.00000441. The van der Waals surface area contributed by atoms with Crippen LogP contribution in [0.1, 0.15) is 18.1 Å². The quantitative estimate of drug-likeness (QED) is 0.245. The van der Waals surface area contributed by atoms with Gasteiger partial charge in [-0.25, -0.2) is 9.38 Å².